The zero-order valence-corrected chi connectivity index (χ0v) is 17.5. The van der Waals surface area contributed by atoms with Crippen LogP contribution in [0.15, 0.2) is 34.7 Å². The van der Waals surface area contributed by atoms with Gasteiger partial charge in [0.15, 0.2) is 0 Å². The minimum absolute atomic E-state index is 0.658. The maximum Gasteiger partial charge on any atom is 0.142 e. The Kier molecular flexibility index (Phi) is 5.93. The summed E-state index contributed by atoms with van der Waals surface area (Å²) in [4.78, 5) is 7.72. The summed E-state index contributed by atoms with van der Waals surface area (Å²) in [6, 6.07) is 11.2. The van der Waals surface area contributed by atoms with E-state index in [0.717, 1.165) is 56.5 Å². The van der Waals surface area contributed by atoms with Gasteiger partial charge in [-0.15, -0.1) is 0 Å². The van der Waals surface area contributed by atoms with Crippen molar-refractivity contribution in [3.8, 4) is 5.75 Å². The largest absolute Gasteiger partial charge is 0.495 e. The molecule has 5 heteroatoms. The lowest BCUT2D eigenvalue weighted by molar-refractivity contribution is 0.0847. The fourth-order valence-electron chi connectivity index (χ4n) is 4.64. The second-order valence-electron chi connectivity index (χ2n) is 8.18. The fraction of sp³-hybridized carbons (Fsp3) is 0.565. The predicted molar refractivity (Wildman–Crippen MR) is 113 cm³/mol. The number of para-hydroxylation sites is 2. The van der Waals surface area contributed by atoms with Gasteiger partial charge in [0.25, 0.3) is 0 Å². The first-order chi connectivity index (χ1) is 13.6. The van der Waals surface area contributed by atoms with Crippen molar-refractivity contribution < 1.29 is 9.15 Å². The van der Waals surface area contributed by atoms with Crippen molar-refractivity contribution in [3.05, 3.63) is 47.4 Å². The van der Waals surface area contributed by atoms with Gasteiger partial charge in [0.1, 0.15) is 17.3 Å². The Morgan fingerprint density at radius 3 is 2.57 bits per heavy atom. The number of nitrogens with zero attached hydrogens (tertiary/aromatic N) is 3. The summed E-state index contributed by atoms with van der Waals surface area (Å²) in [5.41, 5.74) is 2.48. The van der Waals surface area contributed by atoms with Crippen LogP contribution in [0.3, 0.4) is 0 Å². The molecule has 0 bridgehead atoms. The van der Waals surface area contributed by atoms with Crippen LogP contribution < -0.4 is 9.64 Å². The van der Waals surface area contributed by atoms with E-state index < -0.39 is 0 Å². The highest BCUT2D eigenvalue weighted by Crippen LogP contribution is 2.29. The summed E-state index contributed by atoms with van der Waals surface area (Å²) in [7, 11) is 1.76. The average molecular weight is 384 g/mol. The zero-order valence-electron chi connectivity index (χ0n) is 17.5. The molecule has 0 radical (unpaired) electrons. The van der Waals surface area contributed by atoms with Crippen molar-refractivity contribution in [2.75, 3.05) is 51.3 Å². The number of furan rings is 1. The fourth-order valence-corrected chi connectivity index (χ4v) is 4.64. The molecule has 0 aliphatic carbocycles. The Balaban J connectivity index is 1.33. The lowest BCUT2D eigenvalue weighted by Crippen LogP contribution is -2.55. The van der Waals surface area contributed by atoms with Gasteiger partial charge in [-0.3, -0.25) is 9.80 Å². The van der Waals surface area contributed by atoms with Crippen molar-refractivity contribution in [3.63, 3.8) is 0 Å². The molecule has 5 nitrogen and oxygen atoms in total. The number of ether oxygens (including phenoxy) is 1. The van der Waals surface area contributed by atoms with Crippen molar-refractivity contribution in [1.82, 2.24) is 9.80 Å². The molecule has 0 spiro atoms. The van der Waals surface area contributed by atoms with E-state index in [2.05, 4.69) is 52.8 Å². The van der Waals surface area contributed by atoms with Crippen LogP contribution in [0.4, 0.5) is 5.69 Å². The summed E-state index contributed by atoms with van der Waals surface area (Å²) in [5.74, 6) is 3.14. The third-order valence-corrected chi connectivity index (χ3v) is 6.33. The van der Waals surface area contributed by atoms with Gasteiger partial charge in [0.05, 0.1) is 19.3 Å². The van der Waals surface area contributed by atoms with Gasteiger partial charge in [-0.2, -0.15) is 0 Å². The minimum Gasteiger partial charge on any atom is -0.495 e. The van der Waals surface area contributed by atoms with Crippen LogP contribution in [0, 0.1) is 13.8 Å². The Hall–Kier alpha value is -1.98. The van der Waals surface area contributed by atoms with Crippen LogP contribution in [0.2, 0.25) is 0 Å². The smallest absolute Gasteiger partial charge is 0.142 e. The average Bonchev–Trinajstić information content (AvgIpc) is 3.05. The standard InChI is InChI=1S/C23H33N3O2/c1-18-15-21(28-19(18)2)17-24-10-6-7-20(16-24)25-11-13-26(14-12-25)22-8-4-5-9-23(22)27-3/h4-5,8-9,15,20H,6-7,10-14,16-17H2,1-3H3/t20-/m0/s1. The number of hydrogen-bond donors (Lipinski definition) is 0. The Labute approximate surface area is 168 Å². The number of anilines is 1. The third-order valence-electron chi connectivity index (χ3n) is 6.33. The molecule has 0 N–H and O–H groups in total. The lowest BCUT2D eigenvalue weighted by atomic mass is 10.0. The van der Waals surface area contributed by atoms with Crippen LogP contribution in [-0.2, 0) is 6.54 Å². The first kappa shape index (κ1) is 19.3. The van der Waals surface area contributed by atoms with Gasteiger partial charge >= 0.3 is 0 Å². The maximum absolute atomic E-state index is 5.91. The molecule has 2 fully saturated rings. The van der Waals surface area contributed by atoms with Crippen LogP contribution >= 0.6 is 0 Å². The molecular weight excluding hydrogens is 350 g/mol. The normalized spacial score (nSPS) is 21.8. The number of benzene rings is 1. The molecule has 1 aromatic carbocycles. The number of methoxy groups -OCH3 is 1. The molecular formula is C23H33N3O2. The quantitative estimate of drug-likeness (QED) is 0.786. The van der Waals surface area contributed by atoms with E-state index in [1.165, 1.54) is 30.6 Å². The number of likely N-dealkylation sites (tertiary alicyclic amines) is 1. The number of aryl methyl sites for hydroxylation is 2. The van der Waals surface area contributed by atoms with Crippen molar-refractivity contribution >= 4 is 5.69 Å². The minimum atomic E-state index is 0.658. The van der Waals surface area contributed by atoms with E-state index >= 15 is 0 Å². The second kappa shape index (κ2) is 8.58. The molecule has 2 aromatic rings. The lowest BCUT2D eigenvalue weighted by Gasteiger charge is -2.44. The van der Waals surface area contributed by atoms with Crippen molar-refractivity contribution in [1.29, 1.82) is 0 Å². The molecule has 1 aromatic heterocycles. The zero-order chi connectivity index (χ0) is 19.5. The van der Waals surface area contributed by atoms with Crippen LogP contribution in [0.25, 0.3) is 0 Å². The summed E-state index contributed by atoms with van der Waals surface area (Å²) in [6.45, 7) is 11.8. The predicted octanol–water partition coefficient (Wildman–Crippen LogP) is 3.69. The van der Waals surface area contributed by atoms with Gasteiger partial charge < -0.3 is 14.1 Å². The van der Waals surface area contributed by atoms with E-state index in [-0.39, 0.29) is 0 Å². The number of piperazine rings is 1. The van der Waals surface area contributed by atoms with Crippen LogP contribution in [-0.4, -0.2) is 62.2 Å². The molecule has 0 saturated carbocycles. The Morgan fingerprint density at radius 1 is 1.07 bits per heavy atom. The molecule has 28 heavy (non-hydrogen) atoms. The molecule has 4 rings (SSSR count). The van der Waals surface area contributed by atoms with E-state index in [4.69, 9.17) is 9.15 Å². The van der Waals surface area contributed by atoms with E-state index in [1.54, 1.807) is 7.11 Å². The summed E-state index contributed by atoms with van der Waals surface area (Å²) in [6.07, 6.45) is 2.58. The molecule has 152 valence electrons. The summed E-state index contributed by atoms with van der Waals surface area (Å²) < 4.78 is 11.5. The molecule has 2 aliphatic rings. The molecule has 0 unspecified atom stereocenters. The highest BCUT2D eigenvalue weighted by molar-refractivity contribution is 5.58. The van der Waals surface area contributed by atoms with Gasteiger partial charge in [-0.25, -0.2) is 0 Å². The van der Waals surface area contributed by atoms with E-state index in [1.807, 2.05) is 6.07 Å². The molecule has 2 saturated heterocycles. The van der Waals surface area contributed by atoms with Gasteiger partial charge in [0, 0.05) is 38.8 Å². The van der Waals surface area contributed by atoms with Crippen molar-refractivity contribution in [2.24, 2.45) is 0 Å². The van der Waals surface area contributed by atoms with Crippen LogP contribution in [0.5, 0.6) is 5.75 Å². The topological polar surface area (TPSA) is 32.1 Å². The SMILES string of the molecule is COc1ccccc1N1CCN([C@H]2CCCN(Cc3cc(C)c(C)o3)C2)CC1. The van der Waals surface area contributed by atoms with Gasteiger partial charge in [-0.05, 0) is 57.0 Å². The Morgan fingerprint density at radius 2 is 1.86 bits per heavy atom. The first-order valence-corrected chi connectivity index (χ1v) is 10.5. The molecule has 3 heterocycles. The third kappa shape index (κ3) is 4.20. The number of piperidine rings is 1. The Bertz CT molecular complexity index is 760. The highest BCUT2D eigenvalue weighted by atomic mass is 16.5. The van der Waals surface area contributed by atoms with Gasteiger partial charge in [-0.1, -0.05) is 12.1 Å². The maximum atomic E-state index is 5.91. The van der Waals surface area contributed by atoms with E-state index in [0.29, 0.717) is 6.04 Å². The van der Waals surface area contributed by atoms with Crippen LogP contribution in [0.1, 0.15) is 29.9 Å². The highest BCUT2D eigenvalue weighted by Gasteiger charge is 2.29. The summed E-state index contributed by atoms with van der Waals surface area (Å²) >= 11 is 0. The number of hydrogen-bond acceptors (Lipinski definition) is 5. The second-order valence-corrected chi connectivity index (χ2v) is 8.18. The first-order valence-electron chi connectivity index (χ1n) is 10.5. The summed E-state index contributed by atoms with van der Waals surface area (Å²) in [5, 5.41) is 0. The monoisotopic (exact) mass is 383 g/mol. The number of rotatable bonds is 5. The van der Waals surface area contributed by atoms with E-state index in [9.17, 15) is 0 Å². The van der Waals surface area contributed by atoms with Gasteiger partial charge in [0.2, 0.25) is 0 Å². The molecule has 0 amide bonds. The molecule has 2 aliphatic heterocycles. The van der Waals surface area contributed by atoms with Crippen molar-refractivity contribution in [2.45, 2.75) is 39.3 Å². The molecule has 1 atom stereocenters.